The summed E-state index contributed by atoms with van der Waals surface area (Å²) in [6.45, 7) is 12.1. The average molecular weight is 281 g/mol. The van der Waals surface area contributed by atoms with E-state index >= 15 is 0 Å². The molecule has 2 aliphatic heterocycles. The number of nitrogens with two attached hydrogens (primary N) is 1. The monoisotopic (exact) mass is 281 g/mol. The molecule has 0 spiro atoms. The van der Waals surface area contributed by atoms with Crippen molar-refractivity contribution in [2.24, 2.45) is 11.1 Å². The van der Waals surface area contributed by atoms with Gasteiger partial charge >= 0.3 is 0 Å². The van der Waals surface area contributed by atoms with Crippen LogP contribution in [0.4, 0.5) is 0 Å². The minimum absolute atomic E-state index is 0.282. The van der Waals surface area contributed by atoms with Crippen LogP contribution < -0.4 is 5.73 Å². The van der Waals surface area contributed by atoms with Crippen LogP contribution in [-0.2, 0) is 4.74 Å². The molecule has 0 aromatic carbocycles. The van der Waals surface area contributed by atoms with Crippen molar-refractivity contribution < 1.29 is 4.74 Å². The molecular weight excluding hydrogens is 250 g/mol. The van der Waals surface area contributed by atoms with Gasteiger partial charge in [-0.15, -0.1) is 0 Å². The Kier molecular flexibility index (Phi) is 4.10. The zero-order valence-corrected chi connectivity index (χ0v) is 13.2. The van der Waals surface area contributed by atoms with Gasteiger partial charge in [-0.25, -0.2) is 0 Å². The Morgan fingerprint density at radius 2 is 1.90 bits per heavy atom. The molecule has 3 aliphatic rings. The van der Waals surface area contributed by atoms with Crippen molar-refractivity contribution in [1.29, 1.82) is 0 Å². The summed E-state index contributed by atoms with van der Waals surface area (Å²) in [5.74, 6) is 0. The molecule has 2 N–H and O–H groups in total. The molecule has 20 heavy (non-hydrogen) atoms. The van der Waals surface area contributed by atoms with Crippen LogP contribution in [0.15, 0.2) is 0 Å². The smallest absolute Gasteiger partial charge is 0.0594 e. The van der Waals surface area contributed by atoms with Crippen LogP contribution in [0.5, 0.6) is 0 Å². The predicted molar refractivity (Wildman–Crippen MR) is 81.8 cm³/mol. The van der Waals surface area contributed by atoms with Gasteiger partial charge in [0.05, 0.1) is 13.2 Å². The van der Waals surface area contributed by atoms with Crippen LogP contribution >= 0.6 is 0 Å². The number of ether oxygens (including phenoxy) is 1. The van der Waals surface area contributed by atoms with Crippen LogP contribution in [-0.4, -0.2) is 67.3 Å². The second-order valence-corrected chi connectivity index (χ2v) is 7.81. The van der Waals surface area contributed by atoms with E-state index in [-0.39, 0.29) is 5.54 Å². The molecular formula is C16H31N3O. The second-order valence-electron chi connectivity index (χ2n) is 7.81. The standard InChI is InChI=1S/C16H31N3O/c1-15(2)4-5-16(12-15,13-17)19-6-3-14(11-19)18-7-9-20-10-8-18/h14H,3-13,17H2,1-2H3. The summed E-state index contributed by atoms with van der Waals surface area (Å²) in [6.07, 6.45) is 5.18. The van der Waals surface area contributed by atoms with E-state index in [0.717, 1.165) is 38.9 Å². The number of likely N-dealkylation sites (tertiary alicyclic amines) is 1. The second kappa shape index (κ2) is 5.56. The molecule has 0 bridgehead atoms. The fraction of sp³-hybridized carbons (Fsp3) is 1.00. The van der Waals surface area contributed by atoms with E-state index in [1.165, 1.54) is 38.8 Å². The van der Waals surface area contributed by atoms with Gasteiger partial charge in [-0.05, 0) is 31.1 Å². The van der Waals surface area contributed by atoms with E-state index in [9.17, 15) is 0 Å². The normalized spacial score (nSPS) is 39.5. The summed E-state index contributed by atoms with van der Waals surface area (Å²) in [5.41, 5.74) is 6.97. The van der Waals surface area contributed by atoms with Gasteiger partial charge in [-0.1, -0.05) is 13.8 Å². The molecule has 1 saturated carbocycles. The van der Waals surface area contributed by atoms with Gasteiger partial charge in [0.25, 0.3) is 0 Å². The lowest BCUT2D eigenvalue weighted by atomic mass is 9.87. The minimum Gasteiger partial charge on any atom is -0.379 e. The van der Waals surface area contributed by atoms with Crippen molar-refractivity contribution in [2.75, 3.05) is 45.9 Å². The SMILES string of the molecule is CC1(C)CCC(CN)(N2CCC(N3CCOCC3)C2)C1. The summed E-state index contributed by atoms with van der Waals surface area (Å²) < 4.78 is 5.48. The van der Waals surface area contributed by atoms with Crippen LogP contribution in [0.2, 0.25) is 0 Å². The Labute approximate surface area is 123 Å². The highest BCUT2D eigenvalue weighted by Crippen LogP contribution is 2.47. The highest BCUT2D eigenvalue weighted by atomic mass is 16.5. The zero-order valence-electron chi connectivity index (χ0n) is 13.2. The van der Waals surface area contributed by atoms with Crippen LogP contribution in [0.3, 0.4) is 0 Å². The van der Waals surface area contributed by atoms with Gasteiger partial charge in [-0.3, -0.25) is 9.80 Å². The summed E-state index contributed by atoms with van der Waals surface area (Å²) in [5, 5.41) is 0. The van der Waals surface area contributed by atoms with Gasteiger partial charge in [0, 0.05) is 44.3 Å². The van der Waals surface area contributed by atoms with E-state index in [2.05, 4.69) is 23.6 Å². The number of morpholine rings is 1. The highest BCUT2D eigenvalue weighted by molar-refractivity contribution is 5.05. The van der Waals surface area contributed by atoms with E-state index in [4.69, 9.17) is 10.5 Å². The van der Waals surface area contributed by atoms with Gasteiger partial charge in [0.2, 0.25) is 0 Å². The summed E-state index contributed by atoms with van der Waals surface area (Å²) in [6, 6.07) is 0.728. The molecule has 4 heteroatoms. The highest BCUT2D eigenvalue weighted by Gasteiger charge is 2.48. The Balaban J connectivity index is 1.63. The lowest BCUT2D eigenvalue weighted by Crippen LogP contribution is -2.53. The maximum Gasteiger partial charge on any atom is 0.0594 e. The molecule has 3 fully saturated rings. The molecule has 0 amide bonds. The van der Waals surface area contributed by atoms with Crippen molar-refractivity contribution in [2.45, 2.75) is 51.1 Å². The molecule has 0 radical (unpaired) electrons. The Bertz CT molecular complexity index is 341. The van der Waals surface area contributed by atoms with Crippen LogP contribution in [0, 0.1) is 5.41 Å². The molecule has 0 aromatic heterocycles. The number of nitrogens with zero attached hydrogens (tertiary/aromatic N) is 2. The first-order valence-electron chi connectivity index (χ1n) is 8.32. The fourth-order valence-electron chi connectivity index (χ4n) is 4.63. The first kappa shape index (κ1) is 14.8. The van der Waals surface area contributed by atoms with Crippen LogP contribution in [0.1, 0.15) is 39.5 Å². The summed E-state index contributed by atoms with van der Waals surface area (Å²) in [7, 11) is 0. The maximum absolute atomic E-state index is 6.22. The van der Waals surface area contributed by atoms with E-state index in [1.54, 1.807) is 0 Å². The Hall–Kier alpha value is -0.160. The Morgan fingerprint density at radius 1 is 1.15 bits per heavy atom. The summed E-state index contributed by atoms with van der Waals surface area (Å²) >= 11 is 0. The van der Waals surface area contributed by atoms with Crippen molar-refractivity contribution in [3.8, 4) is 0 Å². The van der Waals surface area contributed by atoms with Crippen molar-refractivity contribution in [3.05, 3.63) is 0 Å². The maximum atomic E-state index is 6.22. The number of rotatable bonds is 3. The minimum atomic E-state index is 0.282. The largest absolute Gasteiger partial charge is 0.379 e. The average Bonchev–Trinajstić information content (AvgIpc) is 3.05. The quantitative estimate of drug-likeness (QED) is 0.847. The molecule has 116 valence electrons. The van der Waals surface area contributed by atoms with Gasteiger partial charge in [0.15, 0.2) is 0 Å². The molecule has 2 heterocycles. The van der Waals surface area contributed by atoms with Gasteiger partial charge in [-0.2, -0.15) is 0 Å². The van der Waals surface area contributed by atoms with Crippen molar-refractivity contribution in [3.63, 3.8) is 0 Å². The lowest BCUT2D eigenvalue weighted by Gasteiger charge is -2.40. The topological polar surface area (TPSA) is 41.7 Å². The van der Waals surface area contributed by atoms with Gasteiger partial charge in [0.1, 0.15) is 0 Å². The molecule has 2 unspecified atom stereocenters. The van der Waals surface area contributed by atoms with E-state index in [1.807, 2.05) is 0 Å². The first-order valence-corrected chi connectivity index (χ1v) is 8.32. The third-order valence-electron chi connectivity index (χ3n) is 5.85. The van der Waals surface area contributed by atoms with E-state index < -0.39 is 0 Å². The van der Waals surface area contributed by atoms with Crippen LogP contribution in [0.25, 0.3) is 0 Å². The third-order valence-corrected chi connectivity index (χ3v) is 5.85. The predicted octanol–water partition coefficient (Wildman–Crippen LogP) is 1.30. The van der Waals surface area contributed by atoms with Crippen molar-refractivity contribution >= 4 is 0 Å². The molecule has 0 aromatic rings. The summed E-state index contributed by atoms with van der Waals surface area (Å²) in [4.78, 5) is 5.36. The molecule has 2 saturated heterocycles. The lowest BCUT2D eigenvalue weighted by molar-refractivity contribution is 0.0145. The number of hydrogen-bond donors (Lipinski definition) is 1. The van der Waals surface area contributed by atoms with Gasteiger partial charge < -0.3 is 10.5 Å². The fourth-order valence-corrected chi connectivity index (χ4v) is 4.63. The molecule has 2 atom stereocenters. The first-order chi connectivity index (χ1) is 9.55. The van der Waals surface area contributed by atoms with E-state index in [0.29, 0.717) is 5.41 Å². The number of hydrogen-bond acceptors (Lipinski definition) is 4. The molecule has 4 nitrogen and oxygen atoms in total. The Morgan fingerprint density at radius 3 is 2.50 bits per heavy atom. The molecule has 1 aliphatic carbocycles. The molecule has 3 rings (SSSR count). The van der Waals surface area contributed by atoms with Crippen molar-refractivity contribution in [1.82, 2.24) is 9.80 Å². The zero-order chi connectivity index (χ0) is 14.2. The third kappa shape index (κ3) is 2.76.